The third-order valence-corrected chi connectivity index (χ3v) is 3.92. The van der Waals surface area contributed by atoms with Gasteiger partial charge in [-0.15, -0.1) is 11.3 Å². The minimum Gasteiger partial charge on any atom is -0.496 e. The van der Waals surface area contributed by atoms with Gasteiger partial charge in [0.2, 0.25) is 5.91 Å². The number of thiazole rings is 1. The molecular weight excluding hydrogens is 286 g/mol. The molecule has 0 radical (unpaired) electrons. The van der Waals surface area contributed by atoms with Crippen molar-refractivity contribution >= 4 is 22.2 Å². The molecule has 5 nitrogen and oxygen atoms in total. The van der Waals surface area contributed by atoms with Gasteiger partial charge in [0.15, 0.2) is 4.96 Å². The number of nitrogens with zero attached hydrogens (tertiary/aromatic N) is 2. The van der Waals surface area contributed by atoms with Crippen LogP contribution in [0.25, 0.3) is 4.96 Å². The number of carbonyl (C=O) groups excluding carboxylic acids is 1. The normalized spacial score (nSPS) is 10.7. The third kappa shape index (κ3) is 3.05. The van der Waals surface area contributed by atoms with Crippen LogP contribution in [0.4, 0.5) is 0 Å². The second-order valence-corrected chi connectivity index (χ2v) is 5.46. The van der Waals surface area contributed by atoms with Gasteiger partial charge in [-0.25, -0.2) is 4.98 Å². The number of aromatic nitrogens is 2. The number of methoxy groups -OCH3 is 1. The smallest absolute Gasteiger partial charge is 0.224 e. The van der Waals surface area contributed by atoms with Crippen molar-refractivity contribution in [3.8, 4) is 5.75 Å². The maximum Gasteiger partial charge on any atom is 0.224 e. The minimum absolute atomic E-state index is 0.0455. The molecule has 0 aliphatic carbocycles. The molecule has 3 rings (SSSR count). The van der Waals surface area contributed by atoms with Crippen molar-refractivity contribution < 1.29 is 9.53 Å². The molecule has 0 bridgehead atoms. The lowest BCUT2D eigenvalue weighted by Gasteiger charge is -2.08. The molecule has 0 saturated carbocycles. The van der Waals surface area contributed by atoms with E-state index in [2.05, 4.69) is 10.3 Å². The van der Waals surface area contributed by atoms with Crippen LogP contribution in [0.15, 0.2) is 42.0 Å². The van der Waals surface area contributed by atoms with Crippen molar-refractivity contribution in [1.29, 1.82) is 0 Å². The third-order valence-electron chi connectivity index (χ3n) is 3.15. The van der Waals surface area contributed by atoms with E-state index in [1.54, 1.807) is 18.4 Å². The van der Waals surface area contributed by atoms with Crippen LogP contribution in [-0.4, -0.2) is 22.4 Å². The lowest BCUT2D eigenvalue weighted by Crippen LogP contribution is -2.24. The van der Waals surface area contributed by atoms with Crippen LogP contribution < -0.4 is 10.1 Å². The summed E-state index contributed by atoms with van der Waals surface area (Å²) in [5.74, 6) is 0.686. The number of carbonyl (C=O) groups is 1. The molecule has 1 N–H and O–H groups in total. The van der Waals surface area contributed by atoms with Gasteiger partial charge >= 0.3 is 0 Å². The average molecular weight is 301 g/mol. The Morgan fingerprint density at radius 3 is 3.10 bits per heavy atom. The molecule has 2 heterocycles. The van der Waals surface area contributed by atoms with Gasteiger partial charge in [0.25, 0.3) is 0 Å². The zero-order valence-corrected chi connectivity index (χ0v) is 12.4. The zero-order valence-electron chi connectivity index (χ0n) is 11.6. The van der Waals surface area contributed by atoms with Gasteiger partial charge in [-0.1, -0.05) is 18.2 Å². The highest BCUT2D eigenvalue weighted by atomic mass is 32.1. The lowest BCUT2D eigenvalue weighted by molar-refractivity contribution is -0.120. The van der Waals surface area contributed by atoms with Crippen molar-refractivity contribution in [1.82, 2.24) is 14.7 Å². The molecule has 0 aliphatic rings. The summed E-state index contributed by atoms with van der Waals surface area (Å²) in [5.41, 5.74) is 1.73. The van der Waals surface area contributed by atoms with Crippen LogP contribution in [0, 0.1) is 0 Å². The molecule has 6 heteroatoms. The Bertz CT molecular complexity index is 734. The van der Waals surface area contributed by atoms with Gasteiger partial charge < -0.3 is 10.1 Å². The number of benzene rings is 1. The van der Waals surface area contributed by atoms with Crippen LogP contribution >= 0.6 is 11.3 Å². The quantitative estimate of drug-likeness (QED) is 0.786. The summed E-state index contributed by atoms with van der Waals surface area (Å²) >= 11 is 1.57. The number of hydrogen-bond donors (Lipinski definition) is 1. The topological polar surface area (TPSA) is 55.6 Å². The van der Waals surface area contributed by atoms with Crippen LogP contribution in [0.2, 0.25) is 0 Å². The molecule has 1 amide bonds. The second kappa shape index (κ2) is 5.97. The summed E-state index contributed by atoms with van der Waals surface area (Å²) in [4.78, 5) is 17.4. The van der Waals surface area contributed by atoms with Crippen molar-refractivity contribution in [2.75, 3.05) is 7.11 Å². The summed E-state index contributed by atoms with van der Waals surface area (Å²) < 4.78 is 7.19. The number of rotatable bonds is 5. The van der Waals surface area contributed by atoms with Gasteiger partial charge in [-0.05, 0) is 6.07 Å². The van der Waals surface area contributed by atoms with E-state index in [9.17, 15) is 4.79 Å². The largest absolute Gasteiger partial charge is 0.496 e. The first-order chi connectivity index (χ1) is 10.3. The summed E-state index contributed by atoms with van der Waals surface area (Å²) in [7, 11) is 1.61. The number of para-hydroxylation sites is 1. The van der Waals surface area contributed by atoms with E-state index in [1.165, 1.54) is 0 Å². The number of fused-ring (bicyclic) bond motifs is 1. The number of nitrogens with one attached hydrogen (secondary N) is 1. The monoisotopic (exact) mass is 301 g/mol. The maximum absolute atomic E-state index is 12.0. The van der Waals surface area contributed by atoms with E-state index in [0.717, 1.165) is 22.0 Å². The molecule has 0 aliphatic heterocycles. The van der Waals surface area contributed by atoms with E-state index >= 15 is 0 Å². The Morgan fingerprint density at radius 1 is 1.43 bits per heavy atom. The summed E-state index contributed by atoms with van der Waals surface area (Å²) in [5, 5.41) is 4.86. The van der Waals surface area contributed by atoms with Crippen molar-refractivity contribution in [3.05, 3.63) is 53.3 Å². The Kier molecular flexibility index (Phi) is 3.87. The van der Waals surface area contributed by atoms with E-state index in [0.29, 0.717) is 13.0 Å². The molecule has 0 atom stereocenters. The SMILES string of the molecule is COc1ccccc1CC(=O)NCc1cn2ccsc2n1. The number of hydrogen-bond acceptors (Lipinski definition) is 4. The first kappa shape index (κ1) is 13.6. The van der Waals surface area contributed by atoms with Crippen molar-refractivity contribution in [2.45, 2.75) is 13.0 Å². The van der Waals surface area contributed by atoms with Gasteiger partial charge in [0.05, 0.1) is 25.8 Å². The molecule has 0 unspecified atom stereocenters. The van der Waals surface area contributed by atoms with Crippen molar-refractivity contribution in [3.63, 3.8) is 0 Å². The Hall–Kier alpha value is -2.34. The predicted octanol–water partition coefficient (Wildman–Crippen LogP) is 2.26. The molecule has 21 heavy (non-hydrogen) atoms. The van der Waals surface area contributed by atoms with Crippen LogP contribution in [0.1, 0.15) is 11.3 Å². The highest BCUT2D eigenvalue weighted by molar-refractivity contribution is 7.15. The lowest BCUT2D eigenvalue weighted by atomic mass is 10.1. The van der Waals surface area contributed by atoms with Crippen LogP contribution in [-0.2, 0) is 17.8 Å². The van der Waals surface area contributed by atoms with E-state index < -0.39 is 0 Å². The van der Waals surface area contributed by atoms with Gasteiger partial charge in [-0.2, -0.15) is 0 Å². The molecule has 0 fully saturated rings. The fourth-order valence-corrected chi connectivity index (χ4v) is 2.85. The first-order valence-corrected chi connectivity index (χ1v) is 7.44. The standard InChI is InChI=1S/C15H15N3O2S/c1-20-13-5-3-2-4-11(13)8-14(19)16-9-12-10-18-6-7-21-15(18)17-12/h2-7,10H,8-9H2,1H3,(H,16,19). The molecule has 108 valence electrons. The Labute approximate surface area is 126 Å². The van der Waals surface area contributed by atoms with Gasteiger partial charge in [-0.3, -0.25) is 9.20 Å². The fourth-order valence-electron chi connectivity index (χ4n) is 2.13. The molecule has 1 aromatic carbocycles. The summed E-state index contributed by atoms with van der Waals surface area (Å²) in [6, 6.07) is 7.53. The molecule has 2 aromatic heterocycles. The highest BCUT2D eigenvalue weighted by Gasteiger charge is 2.09. The van der Waals surface area contributed by atoms with Crippen LogP contribution in [0.3, 0.4) is 0 Å². The van der Waals surface area contributed by atoms with E-state index in [4.69, 9.17) is 4.74 Å². The summed E-state index contributed by atoms with van der Waals surface area (Å²) in [6.45, 7) is 0.433. The molecular formula is C15H15N3O2S. The Morgan fingerprint density at radius 2 is 2.29 bits per heavy atom. The number of ether oxygens (including phenoxy) is 1. The van der Waals surface area contributed by atoms with Crippen molar-refractivity contribution in [2.24, 2.45) is 0 Å². The Balaban J connectivity index is 1.60. The molecule has 0 spiro atoms. The minimum atomic E-state index is -0.0455. The molecule has 3 aromatic rings. The molecule has 0 saturated heterocycles. The predicted molar refractivity (Wildman–Crippen MR) is 81.6 cm³/mol. The van der Waals surface area contributed by atoms with E-state index in [-0.39, 0.29) is 5.91 Å². The number of amides is 1. The van der Waals surface area contributed by atoms with Crippen LogP contribution in [0.5, 0.6) is 5.75 Å². The highest BCUT2D eigenvalue weighted by Crippen LogP contribution is 2.17. The average Bonchev–Trinajstić information content (AvgIpc) is 3.07. The zero-order chi connectivity index (χ0) is 14.7. The first-order valence-electron chi connectivity index (χ1n) is 6.56. The number of imidazole rings is 1. The van der Waals surface area contributed by atoms with Gasteiger partial charge in [0, 0.05) is 23.3 Å². The second-order valence-electron chi connectivity index (χ2n) is 4.59. The fraction of sp³-hybridized carbons (Fsp3) is 0.200. The van der Waals surface area contributed by atoms with Gasteiger partial charge in [0.1, 0.15) is 5.75 Å². The van der Waals surface area contributed by atoms with E-state index in [1.807, 2.05) is 46.4 Å². The maximum atomic E-state index is 12.0. The summed E-state index contributed by atoms with van der Waals surface area (Å²) in [6.07, 6.45) is 4.18.